The van der Waals surface area contributed by atoms with E-state index in [-0.39, 0.29) is 16.9 Å². The predicted octanol–water partition coefficient (Wildman–Crippen LogP) is 3.26. The number of hydrogen-bond acceptors (Lipinski definition) is 6. The molecule has 6 nitrogen and oxygen atoms in total. The Morgan fingerprint density at radius 1 is 1.16 bits per heavy atom. The van der Waals surface area contributed by atoms with Crippen LogP contribution in [-0.2, 0) is 12.8 Å². The number of benzene rings is 1. The molecule has 0 atom stereocenters. The summed E-state index contributed by atoms with van der Waals surface area (Å²) in [4.78, 5) is 0. The minimum Gasteiger partial charge on any atom is -0.494 e. The number of anilines is 1. The monoisotopic (exact) mass is 333 g/mol. The molecule has 6 heteroatoms. The Labute approximate surface area is 148 Å². The van der Waals surface area contributed by atoms with Crippen molar-refractivity contribution in [3.8, 4) is 30.0 Å². The number of methoxy groups -OCH3 is 1. The fraction of sp³-hybridized carbons (Fsp3) is 0.368. The van der Waals surface area contributed by atoms with E-state index in [9.17, 15) is 5.26 Å². The van der Waals surface area contributed by atoms with Gasteiger partial charge in [0, 0.05) is 12.0 Å². The Bertz CT molecular complexity index is 838. The van der Waals surface area contributed by atoms with Crippen molar-refractivity contribution in [2.75, 3.05) is 12.8 Å². The van der Waals surface area contributed by atoms with Crippen molar-refractivity contribution in [2.45, 2.75) is 33.1 Å². The van der Waals surface area contributed by atoms with E-state index in [4.69, 9.17) is 26.3 Å². The lowest BCUT2D eigenvalue weighted by Gasteiger charge is -2.19. The first-order chi connectivity index (χ1) is 11.9. The van der Waals surface area contributed by atoms with Crippen molar-refractivity contribution in [1.82, 2.24) is 0 Å². The van der Waals surface area contributed by atoms with Gasteiger partial charge in [-0.1, -0.05) is 13.8 Å². The van der Waals surface area contributed by atoms with Crippen LogP contribution in [0.4, 0.5) is 5.69 Å². The second-order valence-corrected chi connectivity index (χ2v) is 5.85. The van der Waals surface area contributed by atoms with Gasteiger partial charge in [0.2, 0.25) is 0 Å². The largest absolute Gasteiger partial charge is 0.494 e. The minimum atomic E-state index is -0.291. The minimum absolute atomic E-state index is 0.0645. The summed E-state index contributed by atoms with van der Waals surface area (Å²) in [6.45, 7) is 4.09. The van der Waals surface area contributed by atoms with Crippen LogP contribution in [0.15, 0.2) is 11.6 Å². The molecule has 0 aliphatic rings. The van der Waals surface area contributed by atoms with Crippen LogP contribution < -0.4 is 10.5 Å². The fourth-order valence-electron chi connectivity index (χ4n) is 2.67. The molecule has 0 aromatic heterocycles. The molecule has 1 aromatic carbocycles. The zero-order valence-corrected chi connectivity index (χ0v) is 14.6. The van der Waals surface area contributed by atoms with Gasteiger partial charge in [-0.25, -0.2) is 0 Å². The van der Waals surface area contributed by atoms with Crippen molar-refractivity contribution in [2.24, 2.45) is 5.92 Å². The van der Waals surface area contributed by atoms with E-state index in [2.05, 4.69) is 6.07 Å². The van der Waals surface area contributed by atoms with Crippen LogP contribution in [0.3, 0.4) is 0 Å². The zero-order chi connectivity index (χ0) is 19.0. The molecule has 0 aliphatic heterocycles. The molecule has 0 bridgehead atoms. The lowest BCUT2D eigenvalue weighted by Crippen LogP contribution is -2.08. The van der Waals surface area contributed by atoms with Crippen molar-refractivity contribution >= 4 is 11.3 Å². The van der Waals surface area contributed by atoms with Crippen LogP contribution in [0.5, 0.6) is 5.75 Å². The van der Waals surface area contributed by atoms with E-state index in [0.717, 1.165) is 11.1 Å². The molecule has 126 valence electrons. The van der Waals surface area contributed by atoms with E-state index in [1.54, 1.807) is 18.2 Å². The predicted molar refractivity (Wildman–Crippen MR) is 93.6 cm³/mol. The SMILES string of the molecule is COc1c(C(C#N)=C(C#N)C#N)cc(CC(C)C)c(CCC#N)c1N. The molecule has 25 heavy (non-hydrogen) atoms. The van der Waals surface area contributed by atoms with Gasteiger partial charge in [0.05, 0.1) is 24.4 Å². The van der Waals surface area contributed by atoms with Gasteiger partial charge in [-0.2, -0.15) is 21.0 Å². The van der Waals surface area contributed by atoms with Crippen LogP contribution in [0.25, 0.3) is 5.57 Å². The molecule has 0 radical (unpaired) electrons. The average molecular weight is 333 g/mol. The van der Waals surface area contributed by atoms with Crippen LogP contribution >= 0.6 is 0 Å². The molecule has 0 saturated heterocycles. The summed E-state index contributed by atoms with van der Waals surface area (Å²) >= 11 is 0. The summed E-state index contributed by atoms with van der Waals surface area (Å²) < 4.78 is 5.37. The first kappa shape index (κ1) is 19.6. The van der Waals surface area contributed by atoms with Gasteiger partial charge < -0.3 is 10.5 Å². The Morgan fingerprint density at radius 2 is 1.80 bits per heavy atom. The Balaban J connectivity index is 3.82. The topological polar surface area (TPSA) is 130 Å². The number of hydrogen-bond donors (Lipinski definition) is 1. The van der Waals surface area contributed by atoms with Gasteiger partial charge in [-0.3, -0.25) is 0 Å². The van der Waals surface area contributed by atoms with Crippen molar-refractivity contribution < 1.29 is 4.74 Å². The van der Waals surface area contributed by atoms with E-state index in [0.29, 0.717) is 36.4 Å². The first-order valence-corrected chi connectivity index (χ1v) is 7.75. The van der Waals surface area contributed by atoms with Gasteiger partial charge in [0.15, 0.2) is 5.75 Å². The molecule has 2 N–H and O–H groups in total. The molecule has 0 fully saturated rings. The van der Waals surface area contributed by atoms with Crippen LogP contribution in [0, 0.1) is 51.2 Å². The molecule has 0 saturated carbocycles. The number of allylic oxidation sites excluding steroid dienone is 2. The third kappa shape index (κ3) is 4.29. The van der Waals surface area contributed by atoms with Gasteiger partial charge in [-0.15, -0.1) is 0 Å². The first-order valence-electron chi connectivity index (χ1n) is 7.75. The van der Waals surface area contributed by atoms with E-state index in [1.165, 1.54) is 7.11 Å². The summed E-state index contributed by atoms with van der Waals surface area (Å²) in [5.74, 6) is 0.572. The maximum atomic E-state index is 9.46. The Hall–Kier alpha value is -3.48. The molecule has 1 aromatic rings. The van der Waals surface area contributed by atoms with E-state index >= 15 is 0 Å². The highest BCUT2D eigenvalue weighted by Crippen LogP contribution is 2.38. The molecule has 0 spiro atoms. The Morgan fingerprint density at radius 3 is 2.24 bits per heavy atom. The van der Waals surface area contributed by atoms with Crippen molar-refractivity contribution in [1.29, 1.82) is 21.0 Å². The van der Waals surface area contributed by atoms with Gasteiger partial charge in [0.1, 0.15) is 23.8 Å². The molecule has 0 aliphatic carbocycles. The number of nitrogens with zero attached hydrogens (tertiary/aromatic N) is 4. The number of nitriles is 4. The molecular weight excluding hydrogens is 314 g/mol. The molecular formula is C19H19N5O. The lowest BCUT2D eigenvalue weighted by atomic mass is 9.89. The highest BCUT2D eigenvalue weighted by Gasteiger charge is 2.22. The number of nitrogens with two attached hydrogens (primary N) is 1. The van der Waals surface area contributed by atoms with Crippen LogP contribution in [0.1, 0.15) is 37.0 Å². The summed E-state index contributed by atoms with van der Waals surface area (Å²) in [5, 5.41) is 36.6. The van der Waals surface area contributed by atoms with E-state index in [1.807, 2.05) is 19.9 Å². The Kier molecular flexibility index (Phi) is 7.02. The van der Waals surface area contributed by atoms with Crippen molar-refractivity contribution in [3.05, 3.63) is 28.3 Å². The van der Waals surface area contributed by atoms with Gasteiger partial charge in [0.25, 0.3) is 0 Å². The summed E-state index contributed by atoms with van der Waals surface area (Å²) in [5.41, 5.74) is 8.27. The third-order valence-electron chi connectivity index (χ3n) is 3.69. The lowest BCUT2D eigenvalue weighted by molar-refractivity contribution is 0.415. The van der Waals surface area contributed by atoms with E-state index < -0.39 is 0 Å². The standard InChI is InChI=1S/C19H19N5O/c1-12(2)7-13-8-16(17(11-23)14(9-21)10-22)19(25-3)18(24)15(13)5-4-6-20/h8,12H,4-5,7,24H2,1-3H3. The van der Waals surface area contributed by atoms with Crippen LogP contribution in [0.2, 0.25) is 0 Å². The molecule has 1 rings (SSSR count). The fourth-order valence-corrected chi connectivity index (χ4v) is 2.67. The van der Waals surface area contributed by atoms with Crippen LogP contribution in [-0.4, -0.2) is 7.11 Å². The molecule has 0 unspecified atom stereocenters. The average Bonchev–Trinajstić information content (AvgIpc) is 2.58. The van der Waals surface area contributed by atoms with Gasteiger partial charge >= 0.3 is 0 Å². The highest BCUT2D eigenvalue weighted by molar-refractivity contribution is 5.90. The summed E-state index contributed by atoms with van der Waals surface area (Å²) in [7, 11) is 1.42. The summed E-state index contributed by atoms with van der Waals surface area (Å²) in [6.07, 6.45) is 1.46. The van der Waals surface area contributed by atoms with Crippen molar-refractivity contribution in [3.63, 3.8) is 0 Å². The summed E-state index contributed by atoms with van der Waals surface area (Å²) in [6, 6.07) is 9.24. The second-order valence-electron chi connectivity index (χ2n) is 5.85. The maximum absolute atomic E-state index is 9.46. The third-order valence-corrected chi connectivity index (χ3v) is 3.69. The normalized spacial score (nSPS) is 9.44. The maximum Gasteiger partial charge on any atom is 0.150 e. The molecule has 0 amide bonds. The highest BCUT2D eigenvalue weighted by atomic mass is 16.5. The number of rotatable bonds is 6. The second kappa shape index (κ2) is 8.97. The van der Waals surface area contributed by atoms with Gasteiger partial charge in [-0.05, 0) is 36.0 Å². The molecule has 0 heterocycles. The quantitative estimate of drug-likeness (QED) is 0.628. The zero-order valence-electron chi connectivity index (χ0n) is 14.6. The smallest absolute Gasteiger partial charge is 0.150 e. The number of nitrogen functional groups attached to an aromatic ring is 1. The number of ether oxygens (including phenoxy) is 1.